The van der Waals surface area contributed by atoms with Gasteiger partial charge in [-0.25, -0.2) is 4.39 Å². The van der Waals surface area contributed by atoms with Crippen molar-refractivity contribution in [3.8, 4) is 11.1 Å². The highest BCUT2D eigenvalue weighted by atomic mass is 19.1. The molecule has 3 aromatic rings. The van der Waals surface area contributed by atoms with E-state index >= 15 is 0 Å². The van der Waals surface area contributed by atoms with E-state index in [-0.39, 0.29) is 42.0 Å². The number of hydrogen-bond donors (Lipinski definition) is 2. The molecule has 0 saturated carbocycles. The first-order valence-electron chi connectivity index (χ1n) is 11.8. The van der Waals surface area contributed by atoms with Crippen LogP contribution < -0.4 is 5.32 Å². The number of halogens is 1. The molecule has 0 radical (unpaired) electrons. The predicted octanol–water partition coefficient (Wildman–Crippen LogP) is 4.18. The molecular formula is C28H28FN3O3. The average molecular weight is 474 g/mol. The minimum atomic E-state index is -0.537. The van der Waals surface area contributed by atoms with Gasteiger partial charge in [0, 0.05) is 37.8 Å². The summed E-state index contributed by atoms with van der Waals surface area (Å²) in [5.41, 5.74) is 4.25. The van der Waals surface area contributed by atoms with Gasteiger partial charge in [-0.15, -0.1) is 0 Å². The van der Waals surface area contributed by atoms with E-state index in [1.165, 1.54) is 12.1 Å². The van der Waals surface area contributed by atoms with Gasteiger partial charge in [0.15, 0.2) is 0 Å². The summed E-state index contributed by atoms with van der Waals surface area (Å²) in [6, 6.07) is 19.0. The lowest BCUT2D eigenvalue weighted by Gasteiger charge is -2.39. The maximum Gasteiger partial charge on any atom is 0.257 e. The predicted molar refractivity (Wildman–Crippen MR) is 133 cm³/mol. The number of likely N-dealkylation sites (tertiary alicyclic amines) is 1. The van der Waals surface area contributed by atoms with Crippen molar-refractivity contribution in [2.45, 2.75) is 18.5 Å². The molecule has 6 nitrogen and oxygen atoms in total. The van der Waals surface area contributed by atoms with Crippen LogP contribution in [0.15, 0.2) is 66.7 Å². The van der Waals surface area contributed by atoms with Crippen molar-refractivity contribution in [1.82, 2.24) is 9.80 Å². The van der Waals surface area contributed by atoms with Gasteiger partial charge < -0.3 is 20.2 Å². The lowest BCUT2D eigenvalue weighted by atomic mass is 9.82. The number of amides is 2. The Balaban J connectivity index is 1.56. The third-order valence-corrected chi connectivity index (χ3v) is 7.08. The lowest BCUT2D eigenvalue weighted by molar-refractivity contribution is 0.0696. The molecule has 0 spiro atoms. The largest absolute Gasteiger partial charge is 0.394 e. The summed E-state index contributed by atoms with van der Waals surface area (Å²) in [7, 11) is 3.44. The van der Waals surface area contributed by atoms with Gasteiger partial charge in [-0.05, 0) is 59.5 Å². The molecular weight excluding hydrogens is 445 g/mol. The summed E-state index contributed by atoms with van der Waals surface area (Å²) in [4.78, 5) is 29.2. The van der Waals surface area contributed by atoms with Crippen molar-refractivity contribution in [3.63, 3.8) is 0 Å². The summed E-state index contributed by atoms with van der Waals surface area (Å²) in [6.45, 7) is 0.427. The van der Waals surface area contributed by atoms with Crippen molar-refractivity contribution in [2.24, 2.45) is 5.92 Å². The number of nitrogens with zero attached hydrogens (tertiary/aromatic N) is 2. The minimum absolute atomic E-state index is 0.000117. The number of aliphatic hydroxyl groups excluding tert-OH is 1. The van der Waals surface area contributed by atoms with E-state index in [1.807, 2.05) is 36.4 Å². The quantitative estimate of drug-likeness (QED) is 0.596. The van der Waals surface area contributed by atoms with E-state index in [4.69, 9.17) is 0 Å². The van der Waals surface area contributed by atoms with Gasteiger partial charge in [0.2, 0.25) is 0 Å². The third-order valence-electron chi connectivity index (χ3n) is 7.08. The van der Waals surface area contributed by atoms with E-state index < -0.39 is 5.82 Å². The molecule has 0 aliphatic carbocycles. The molecule has 3 atom stereocenters. The highest BCUT2D eigenvalue weighted by Crippen LogP contribution is 2.48. The summed E-state index contributed by atoms with van der Waals surface area (Å²) < 4.78 is 14.5. The zero-order chi connectivity index (χ0) is 24.7. The van der Waals surface area contributed by atoms with Crippen molar-refractivity contribution >= 4 is 17.5 Å². The van der Waals surface area contributed by atoms with Gasteiger partial charge in [0.1, 0.15) is 5.82 Å². The van der Waals surface area contributed by atoms with Crippen molar-refractivity contribution < 1.29 is 19.1 Å². The first-order chi connectivity index (χ1) is 16.9. The van der Waals surface area contributed by atoms with E-state index in [2.05, 4.69) is 5.32 Å². The molecule has 1 fully saturated rings. The number of carbonyl (C=O) groups excluding carboxylic acids is 2. The number of benzene rings is 3. The van der Waals surface area contributed by atoms with Crippen molar-refractivity contribution in [3.05, 3.63) is 89.2 Å². The Morgan fingerprint density at radius 1 is 1.06 bits per heavy atom. The maximum atomic E-state index is 14.5. The standard InChI is InChI=1S/C28H28FN3O3/c1-31(2)27(34)19-7-5-6-17(14-19)18-10-11-24-22(15-18)26-21(25(16-33)30-24)12-13-32(26)28(35)20-8-3-4-9-23(20)29/h3-11,14-15,21,25-26,30,33H,12-13,16H2,1-2H3/t21-,25+,26-/m0/s1. The Morgan fingerprint density at radius 2 is 1.83 bits per heavy atom. The van der Waals surface area contributed by atoms with Crippen LogP contribution >= 0.6 is 0 Å². The molecule has 2 aliphatic rings. The van der Waals surface area contributed by atoms with Crippen LogP contribution in [0, 0.1) is 11.7 Å². The molecule has 2 heterocycles. The van der Waals surface area contributed by atoms with Crippen molar-refractivity contribution in [2.75, 3.05) is 32.6 Å². The summed E-state index contributed by atoms with van der Waals surface area (Å²) in [6.07, 6.45) is 0.708. The fourth-order valence-electron chi connectivity index (χ4n) is 5.35. The SMILES string of the molecule is CN(C)C(=O)c1cccc(-c2ccc3c(c2)[C@@H]2[C@@H](CCN2C(=O)c2ccccc2F)[C@@H](CO)N3)c1. The Labute approximate surface area is 204 Å². The Hall–Kier alpha value is -3.71. The van der Waals surface area contributed by atoms with Crippen LogP contribution in [0.2, 0.25) is 0 Å². The fraction of sp³-hybridized carbons (Fsp3) is 0.286. The summed E-state index contributed by atoms with van der Waals surface area (Å²) in [5.74, 6) is -0.955. The fourth-order valence-corrected chi connectivity index (χ4v) is 5.35. The monoisotopic (exact) mass is 473 g/mol. The van der Waals surface area contributed by atoms with Crippen LogP contribution in [0.1, 0.15) is 38.7 Å². The zero-order valence-corrected chi connectivity index (χ0v) is 19.7. The van der Waals surface area contributed by atoms with Crippen LogP contribution in [0.4, 0.5) is 10.1 Å². The Bertz CT molecular complexity index is 1290. The molecule has 180 valence electrons. The first kappa shape index (κ1) is 23.1. The van der Waals surface area contributed by atoms with Gasteiger partial charge in [-0.1, -0.05) is 30.3 Å². The number of aliphatic hydroxyl groups is 1. The number of nitrogens with one attached hydrogen (secondary N) is 1. The van der Waals surface area contributed by atoms with E-state index in [9.17, 15) is 19.1 Å². The molecule has 0 bridgehead atoms. The Kier molecular flexibility index (Phi) is 6.03. The summed E-state index contributed by atoms with van der Waals surface area (Å²) >= 11 is 0. The minimum Gasteiger partial charge on any atom is -0.394 e. The third kappa shape index (κ3) is 4.06. The lowest BCUT2D eigenvalue weighted by Crippen LogP contribution is -2.43. The van der Waals surface area contributed by atoms with Gasteiger partial charge in [0.05, 0.1) is 24.3 Å². The van der Waals surface area contributed by atoms with Gasteiger partial charge in [0.25, 0.3) is 11.8 Å². The first-order valence-corrected chi connectivity index (χ1v) is 11.8. The second-order valence-electron chi connectivity index (χ2n) is 9.39. The number of rotatable bonds is 4. The number of anilines is 1. The van der Waals surface area contributed by atoms with Crippen molar-refractivity contribution in [1.29, 1.82) is 0 Å². The maximum absolute atomic E-state index is 14.5. The molecule has 3 aromatic carbocycles. The molecule has 2 N–H and O–H groups in total. The summed E-state index contributed by atoms with van der Waals surface area (Å²) in [5, 5.41) is 13.5. The Morgan fingerprint density at radius 3 is 2.57 bits per heavy atom. The molecule has 5 rings (SSSR count). The highest BCUT2D eigenvalue weighted by molar-refractivity contribution is 5.96. The van der Waals surface area contributed by atoms with Gasteiger partial charge in [-0.3, -0.25) is 9.59 Å². The highest BCUT2D eigenvalue weighted by Gasteiger charge is 2.46. The zero-order valence-electron chi connectivity index (χ0n) is 19.7. The molecule has 1 saturated heterocycles. The van der Waals surface area contributed by atoms with Gasteiger partial charge in [-0.2, -0.15) is 0 Å². The second-order valence-corrected chi connectivity index (χ2v) is 9.39. The molecule has 2 amide bonds. The normalized spacial score (nSPS) is 20.6. The van der Waals surface area contributed by atoms with Crippen LogP contribution in [0.25, 0.3) is 11.1 Å². The average Bonchev–Trinajstić information content (AvgIpc) is 3.33. The topological polar surface area (TPSA) is 72.9 Å². The molecule has 0 unspecified atom stereocenters. The van der Waals surface area contributed by atoms with Crippen LogP contribution in [0.5, 0.6) is 0 Å². The van der Waals surface area contributed by atoms with E-state index in [0.717, 1.165) is 22.4 Å². The van der Waals surface area contributed by atoms with Crippen LogP contribution in [-0.2, 0) is 0 Å². The molecule has 7 heteroatoms. The second kappa shape index (κ2) is 9.15. The van der Waals surface area contributed by atoms with E-state index in [1.54, 1.807) is 42.1 Å². The molecule has 2 aliphatic heterocycles. The number of hydrogen-bond acceptors (Lipinski definition) is 4. The molecule has 35 heavy (non-hydrogen) atoms. The van der Waals surface area contributed by atoms with E-state index in [0.29, 0.717) is 18.5 Å². The van der Waals surface area contributed by atoms with Crippen LogP contribution in [0.3, 0.4) is 0 Å². The smallest absolute Gasteiger partial charge is 0.257 e. The van der Waals surface area contributed by atoms with Crippen LogP contribution in [-0.4, -0.2) is 60.0 Å². The number of fused-ring (bicyclic) bond motifs is 3. The number of carbonyl (C=O) groups is 2. The molecule has 0 aromatic heterocycles. The van der Waals surface area contributed by atoms with Gasteiger partial charge >= 0.3 is 0 Å².